The molecule has 4 heteroatoms. The molecule has 2 rings (SSSR count). The van der Waals surface area contributed by atoms with Crippen LogP contribution in [0, 0.1) is 5.92 Å². The molecule has 2 fully saturated rings. The molecule has 18 heavy (non-hydrogen) atoms. The van der Waals surface area contributed by atoms with Gasteiger partial charge < -0.3 is 20.3 Å². The molecule has 1 heterocycles. The number of nitrogens with two attached hydrogens (primary N) is 1. The standard InChI is InChI=1S/C14H29N3O/c1-16(2)14(6-4-7-14)11-17(3)9-12-10-18-8-5-13(12)15/h12-13H,4-11,15H2,1-3H3. The Kier molecular flexibility index (Phi) is 4.64. The van der Waals surface area contributed by atoms with Gasteiger partial charge in [-0.2, -0.15) is 0 Å². The van der Waals surface area contributed by atoms with Crippen LogP contribution < -0.4 is 5.73 Å². The van der Waals surface area contributed by atoms with E-state index in [4.69, 9.17) is 10.5 Å². The second-order valence-corrected chi connectivity index (χ2v) is 6.46. The topological polar surface area (TPSA) is 41.7 Å². The van der Waals surface area contributed by atoms with Crippen LogP contribution in [0.15, 0.2) is 0 Å². The molecular formula is C14H29N3O. The average Bonchev–Trinajstić information content (AvgIpc) is 2.26. The number of nitrogens with zero attached hydrogens (tertiary/aromatic N) is 2. The summed E-state index contributed by atoms with van der Waals surface area (Å²) in [5.74, 6) is 0.503. The first kappa shape index (κ1) is 14.3. The zero-order valence-electron chi connectivity index (χ0n) is 12.2. The van der Waals surface area contributed by atoms with Gasteiger partial charge in [-0.1, -0.05) is 0 Å². The minimum atomic E-state index is 0.317. The van der Waals surface area contributed by atoms with Gasteiger partial charge in [0.25, 0.3) is 0 Å². The summed E-state index contributed by atoms with van der Waals surface area (Å²) < 4.78 is 5.55. The molecule has 1 aliphatic carbocycles. The third kappa shape index (κ3) is 3.05. The molecule has 106 valence electrons. The monoisotopic (exact) mass is 255 g/mol. The highest BCUT2D eigenvalue weighted by atomic mass is 16.5. The van der Waals surface area contributed by atoms with E-state index in [1.165, 1.54) is 19.3 Å². The van der Waals surface area contributed by atoms with Crippen molar-refractivity contribution in [1.29, 1.82) is 0 Å². The summed E-state index contributed by atoms with van der Waals surface area (Å²) in [6.45, 7) is 3.89. The predicted molar refractivity (Wildman–Crippen MR) is 74.7 cm³/mol. The molecule has 0 bridgehead atoms. The molecule has 4 nitrogen and oxygen atoms in total. The van der Waals surface area contributed by atoms with E-state index in [9.17, 15) is 0 Å². The number of hydrogen-bond donors (Lipinski definition) is 1. The highest BCUT2D eigenvalue weighted by Crippen LogP contribution is 2.36. The van der Waals surface area contributed by atoms with Crippen LogP contribution in [0.3, 0.4) is 0 Å². The van der Waals surface area contributed by atoms with Crippen LogP contribution in [-0.2, 0) is 4.74 Å². The predicted octanol–water partition coefficient (Wildman–Crippen LogP) is 0.766. The quantitative estimate of drug-likeness (QED) is 0.788. The second kappa shape index (κ2) is 5.87. The molecule has 1 saturated carbocycles. The van der Waals surface area contributed by atoms with Crippen molar-refractivity contribution in [1.82, 2.24) is 9.80 Å². The van der Waals surface area contributed by atoms with Gasteiger partial charge in [-0.05, 0) is 46.8 Å². The van der Waals surface area contributed by atoms with E-state index in [-0.39, 0.29) is 0 Å². The van der Waals surface area contributed by atoms with Gasteiger partial charge in [0.2, 0.25) is 0 Å². The van der Waals surface area contributed by atoms with Gasteiger partial charge in [0.05, 0.1) is 6.61 Å². The summed E-state index contributed by atoms with van der Waals surface area (Å²) >= 11 is 0. The van der Waals surface area contributed by atoms with Crippen LogP contribution in [-0.4, -0.2) is 68.8 Å². The maximum atomic E-state index is 6.18. The highest BCUT2D eigenvalue weighted by Gasteiger charge is 2.40. The van der Waals surface area contributed by atoms with Crippen molar-refractivity contribution in [3.8, 4) is 0 Å². The lowest BCUT2D eigenvalue weighted by Crippen LogP contribution is -2.57. The molecule has 0 amide bonds. The van der Waals surface area contributed by atoms with Gasteiger partial charge in [-0.25, -0.2) is 0 Å². The molecule has 0 aromatic rings. The molecule has 0 aromatic heterocycles. The van der Waals surface area contributed by atoms with E-state index in [1.54, 1.807) is 0 Å². The van der Waals surface area contributed by atoms with Crippen LogP contribution in [0.25, 0.3) is 0 Å². The molecule has 1 aliphatic heterocycles. The summed E-state index contributed by atoms with van der Waals surface area (Å²) in [7, 11) is 6.65. The van der Waals surface area contributed by atoms with Crippen LogP contribution in [0.2, 0.25) is 0 Å². The smallest absolute Gasteiger partial charge is 0.0521 e. The Hall–Kier alpha value is -0.160. The first-order chi connectivity index (χ1) is 8.53. The molecule has 2 aliphatic rings. The van der Waals surface area contributed by atoms with Gasteiger partial charge in [0.15, 0.2) is 0 Å². The molecule has 2 atom stereocenters. The number of hydrogen-bond acceptors (Lipinski definition) is 4. The lowest BCUT2D eigenvalue weighted by Gasteiger charge is -2.50. The van der Waals surface area contributed by atoms with Crippen LogP contribution >= 0.6 is 0 Å². The van der Waals surface area contributed by atoms with E-state index < -0.39 is 0 Å². The Morgan fingerprint density at radius 3 is 2.50 bits per heavy atom. The highest BCUT2D eigenvalue weighted by molar-refractivity contribution is 4.98. The normalized spacial score (nSPS) is 31.7. The minimum absolute atomic E-state index is 0.317. The van der Waals surface area contributed by atoms with Gasteiger partial charge >= 0.3 is 0 Å². The van der Waals surface area contributed by atoms with Crippen molar-refractivity contribution in [2.45, 2.75) is 37.3 Å². The molecule has 0 spiro atoms. The fourth-order valence-corrected chi connectivity index (χ4v) is 3.30. The Morgan fingerprint density at radius 1 is 1.28 bits per heavy atom. The fraction of sp³-hybridized carbons (Fsp3) is 1.00. The van der Waals surface area contributed by atoms with Crippen molar-refractivity contribution >= 4 is 0 Å². The Balaban J connectivity index is 1.82. The maximum Gasteiger partial charge on any atom is 0.0521 e. The molecule has 2 N–H and O–H groups in total. The molecule has 1 saturated heterocycles. The largest absolute Gasteiger partial charge is 0.381 e. The zero-order chi connectivity index (χ0) is 13.2. The summed E-state index contributed by atoms with van der Waals surface area (Å²) in [6, 6.07) is 0.317. The minimum Gasteiger partial charge on any atom is -0.381 e. The van der Waals surface area contributed by atoms with Gasteiger partial charge in [-0.3, -0.25) is 0 Å². The van der Waals surface area contributed by atoms with Crippen molar-refractivity contribution in [3.63, 3.8) is 0 Å². The van der Waals surface area contributed by atoms with Gasteiger partial charge in [0.1, 0.15) is 0 Å². The molecule has 2 unspecified atom stereocenters. The Morgan fingerprint density at radius 2 is 2.00 bits per heavy atom. The van der Waals surface area contributed by atoms with Crippen LogP contribution in [0.5, 0.6) is 0 Å². The van der Waals surface area contributed by atoms with E-state index in [0.29, 0.717) is 17.5 Å². The summed E-state index contributed by atoms with van der Waals surface area (Å²) in [6.07, 6.45) is 5.05. The molecule has 0 aromatic carbocycles. The van der Waals surface area contributed by atoms with E-state index in [1.807, 2.05) is 0 Å². The average molecular weight is 255 g/mol. The Labute approximate surface area is 111 Å². The summed E-state index contributed by atoms with van der Waals surface area (Å²) in [5, 5.41) is 0. The van der Waals surface area contributed by atoms with E-state index in [0.717, 1.165) is 32.7 Å². The third-order valence-electron chi connectivity index (χ3n) is 4.88. The zero-order valence-corrected chi connectivity index (χ0v) is 12.2. The SMILES string of the molecule is CN(CC1COCCC1N)CC1(N(C)C)CCC1. The molecule has 0 radical (unpaired) electrons. The summed E-state index contributed by atoms with van der Waals surface area (Å²) in [4.78, 5) is 4.86. The van der Waals surface area contributed by atoms with Gasteiger partial charge in [-0.15, -0.1) is 0 Å². The second-order valence-electron chi connectivity index (χ2n) is 6.46. The molecular weight excluding hydrogens is 226 g/mol. The van der Waals surface area contributed by atoms with Crippen molar-refractivity contribution < 1.29 is 4.74 Å². The van der Waals surface area contributed by atoms with Gasteiger partial charge in [0, 0.05) is 37.2 Å². The maximum absolute atomic E-state index is 6.18. The van der Waals surface area contributed by atoms with Crippen LogP contribution in [0.1, 0.15) is 25.7 Å². The Bertz CT molecular complexity index is 266. The van der Waals surface area contributed by atoms with Crippen molar-refractivity contribution in [2.24, 2.45) is 11.7 Å². The fourth-order valence-electron chi connectivity index (χ4n) is 3.30. The van der Waals surface area contributed by atoms with E-state index in [2.05, 4.69) is 30.9 Å². The van der Waals surface area contributed by atoms with Crippen LogP contribution in [0.4, 0.5) is 0 Å². The number of ether oxygens (including phenoxy) is 1. The van der Waals surface area contributed by atoms with E-state index >= 15 is 0 Å². The lowest BCUT2D eigenvalue weighted by atomic mass is 9.75. The lowest BCUT2D eigenvalue weighted by molar-refractivity contribution is -0.0000967. The van der Waals surface area contributed by atoms with Crippen molar-refractivity contribution in [2.75, 3.05) is 47.4 Å². The number of rotatable bonds is 5. The van der Waals surface area contributed by atoms with Crippen molar-refractivity contribution in [3.05, 3.63) is 0 Å². The summed E-state index contributed by atoms with van der Waals surface area (Å²) in [5.41, 5.74) is 6.59. The first-order valence-corrected chi connectivity index (χ1v) is 7.23. The third-order valence-corrected chi connectivity index (χ3v) is 4.88. The number of likely N-dealkylation sites (N-methyl/N-ethyl adjacent to an activating group) is 2. The first-order valence-electron chi connectivity index (χ1n) is 7.23.